The van der Waals surface area contributed by atoms with Crippen LogP contribution in [0.1, 0.15) is 30.5 Å². The summed E-state index contributed by atoms with van der Waals surface area (Å²) in [7, 11) is -1.62. The van der Waals surface area contributed by atoms with Crippen LogP contribution in [0.15, 0.2) is 46.2 Å². The molecule has 0 saturated heterocycles. The van der Waals surface area contributed by atoms with Crippen molar-refractivity contribution in [3.05, 3.63) is 80.5 Å². The maximum Gasteiger partial charge on any atom is 0.345 e. The number of carbonyl (C=O) groups is 2. The molecular formula is C24H12F4O5S4. The lowest BCUT2D eigenvalue weighted by Crippen LogP contribution is -2.07. The van der Waals surface area contributed by atoms with Gasteiger partial charge in [-0.1, -0.05) is 0 Å². The summed E-state index contributed by atoms with van der Waals surface area (Å²) in [6.45, 7) is 0. The Balaban J connectivity index is 0.000000152. The average Bonchev–Trinajstić information content (AvgIpc) is 3.44. The van der Waals surface area contributed by atoms with E-state index >= 15 is 0 Å². The van der Waals surface area contributed by atoms with E-state index in [1.807, 2.05) is 0 Å². The van der Waals surface area contributed by atoms with Crippen LogP contribution < -0.4 is 0 Å². The zero-order valence-electron chi connectivity index (χ0n) is 18.1. The lowest BCUT2D eigenvalue weighted by atomic mass is 10.1. The highest BCUT2D eigenvalue weighted by molar-refractivity contribution is 7.98. The van der Waals surface area contributed by atoms with Crippen molar-refractivity contribution in [2.24, 2.45) is 0 Å². The molecule has 2 N–H and O–H groups in total. The van der Waals surface area contributed by atoms with E-state index in [0.717, 1.165) is 40.4 Å². The number of hydrogen-bond acceptors (Lipinski definition) is 6. The maximum absolute atomic E-state index is 13.7. The zero-order chi connectivity index (χ0) is 26.6. The van der Waals surface area contributed by atoms with Gasteiger partial charge in [0.15, 0.2) is 0 Å². The minimum Gasteiger partial charge on any atom is -0.477 e. The predicted molar refractivity (Wildman–Crippen MR) is 133 cm³/mol. The molecule has 2 aromatic carbocycles. The quantitative estimate of drug-likeness (QED) is 0.246. The maximum atomic E-state index is 13.7. The number of thiophene rings is 2. The van der Waals surface area contributed by atoms with E-state index in [2.05, 4.69) is 0 Å². The molecule has 37 heavy (non-hydrogen) atoms. The molecule has 5 nitrogen and oxygen atoms in total. The second kappa shape index (κ2) is 9.71. The number of halogens is 4. The summed E-state index contributed by atoms with van der Waals surface area (Å²) in [5.74, 6) is -4.43. The lowest BCUT2D eigenvalue weighted by Gasteiger charge is -2.16. The smallest absolute Gasteiger partial charge is 0.345 e. The minimum atomic E-state index is -1.62. The highest BCUT2D eigenvalue weighted by Gasteiger charge is 2.29. The Hall–Kier alpha value is -3.00. The van der Waals surface area contributed by atoms with E-state index in [1.165, 1.54) is 23.9 Å². The van der Waals surface area contributed by atoms with Crippen molar-refractivity contribution in [1.29, 1.82) is 0 Å². The summed E-state index contributed by atoms with van der Waals surface area (Å²) in [6.07, 6.45) is 0. The molecular weight excluding hydrogens is 573 g/mol. The van der Waals surface area contributed by atoms with Crippen LogP contribution in [0.5, 0.6) is 0 Å². The van der Waals surface area contributed by atoms with Gasteiger partial charge in [0.2, 0.25) is 0 Å². The molecule has 13 heteroatoms. The van der Waals surface area contributed by atoms with Gasteiger partial charge < -0.3 is 10.2 Å². The Morgan fingerprint density at radius 2 is 1.30 bits per heavy atom. The third-order valence-electron chi connectivity index (χ3n) is 5.43. The molecule has 0 fully saturated rings. The van der Waals surface area contributed by atoms with Gasteiger partial charge in [0.1, 0.15) is 33.0 Å². The second-order valence-corrected chi connectivity index (χ2v) is 12.3. The van der Waals surface area contributed by atoms with E-state index < -0.39 is 46.0 Å². The van der Waals surface area contributed by atoms with Gasteiger partial charge in [0, 0.05) is 38.8 Å². The molecule has 0 radical (unpaired) electrons. The number of rotatable bonds is 2. The van der Waals surface area contributed by atoms with Crippen molar-refractivity contribution in [3.63, 3.8) is 0 Å². The van der Waals surface area contributed by atoms with Crippen molar-refractivity contribution < 1.29 is 41.6 Å². The SMILES string of the molecule is O=C(O)c1cc2c(s1)-c1cc(F)cc(F)c1S(=O)C2.O=C(O)c1cc2c(s1)-c1cc(F)cc(F)c1SC2. The molecule has 0 saturated carbocycles. The van der Waals surface area contributed by atoms with E-state index in [4.69, 9.17) is 10.2 Å². The number of hydrogen-bond donors (Lipinski definition) is 2. The molecule has 0 bridgehead atoms. The predicted octanol–water partition coefficient (Wildman–Crippen LogP) is 7.01. The largest absolute Gasteiger partial charge is 0.477 e. The van der Waals surface area contributed by atoms with E-state index in [1.54, 1.807) is 6.07 Å². The van der Waals surface area contributed by atoms with Crippen molar-refractivity contribution in [2.75, 3.05) is 0 Å². The first-order valence-corrected chi connectivity index (χ1v) is 14.2. The molecule has 1 atom stereocenters. The number of aromatic carboxylic acids is 2. The van der Waals surface area contributed by atoms with Crippen LogP contribution in [0, 0.1) is 23.3 Å². The minimum absolute atomic E-state index is 0.0484. The monoisotopic (exact) mass is 584 g/mol. The first-order chi connectivity index (χ1) is 17.5. The average molecular weight is 585 g/mol. The van der Waals surface area contributed by atoms with Gasteiger partial charge in [-0.2, -0.15) is 0 Å². The number of carboxylic acid groups (broad SMARTS) is 2. The Morgan fingerprint density at radius 1 is 0.757 bits per heavy atom. The summed E-state index contributed by atoms with van der Waals surface area (Å²) >= 11 is 3.26. The molecule has 4 heterocycles. The van der Waals surface area contributed by atoms with Crippen LogP contribution >= 0.6 is 34.4 Å². The Kier molecular flexibility index (Phi) is 6.73. The molecule has 6 rings (SSSR count). The number of thioether (sulfide) groups is 1. The first kappa shape index (κ1) is 25.6. The highest BCUT2D eigenvalue weighted by Crippen LogP contribution is 2.47. The third kappa shape index (κ3) is 4.72. The Morgan fingerprint density at radius 3 is 1.92 bits per heavy atom. The molecule has 190 valence electrons. The summed E-state index contributed by atoms with van der Waals surface area (Å²) in [6, 6.07) is 6.87. The standard InChI is InChI=1S/C12H6F2O3S2.C12H6F2O2S2/c13-6-2-7-10-5(1-9(18-10)12(15)16)4-19(17)11(7)8(14)3-6;13-6-2-7-10-5(1-9(18-10)12(15)16)4-17-11(7)8(14)3-6/h1-3H,4H2,(H,15,16);1-3H,4H2,(H,15,16). The van der Waals surface area contributed by atoms with Gasteiger partial charge in [-0.25, -0.2) is 27.2 Å². The second-order valence-electron chi connectivity index (χ2n) is 7.85. The molecule has 2 aromatic heterocycles. The van der Waals surface area contributed by atoms with E-state index in [0.29, 0.717) is 37.6 Å². The fourth-order valence-corrected chi connectivity index (χ4v) is 8.71. The highest BCUT2D eigenvalue weighted by atomic mass is 32.2. The van der Waals surface area contributed by atoms with Gasteiger partial charge in [-0.05, 0) is 35.4 Å². The summed E-state index contributed by atoms with van der Waals surface area (Å²) in [5, 5.41) is 17.9. The molecule has 2 aliphatic rings. The fourth-order valence-electron chi connectivity index (χ4n) is 3.94. The van der Waals surface area contributed by atoms with E-state index in [9.17, 15) is 31.4 Å². The summed E-state index contributed by atoms with van der Waals surface area (Å²) in [4.78, 5) is 23.6. The van der Waals surface area contributed by atoms with Crippen molar-refractivity contribution >= 4 is 57.2 Å². The Labute approximate surface area is 220 Å². The normalized spacial score (nSPS) is 15.0. The van der Waals surface area contributed by atoms with Gasteiger partial charge >= 0.3 is 11.9 Å². The van der Waals surface area contributed by atoms with Crippen LogP contribution in [0.25, 0.3) is 20.9 Å². The number of benzene rings is 2. The van der Waals surface area contributed by atoms with Crippen LogP contribution in [-0.2, 0) is 22.3 Å². The number of fused-ring (bicyclic) bond motifs is 6. The lowest BCUT2D eigenvalue weighted by molar-refractivity contribution is 0.0691. The van der Waals surface area contributed by atoms with Gasteiger partial charge in [0.25, 0.3) is 0 Å². The first-order valence-electron chi connectivity index (χ1n) is 10.3. The van der Waals surface area contributed by atoms with Crippen molar-refractivity contribution in [2.45, 2.75) is 21.3 Å². The molecule has 0 amide bonds. The van der Waals surface area contributed by atoms with Gasteiger partial charge in [-0.15, -0.1) is 34.4 Å². The molecule has 0 spiro atoms. The van der Waals surface area contributed by atoms with Gasteiger partial charge in [0.05, 0.1) is 26.3 Å². The number of carboxylic acids is 2. The molecule has 4 aromatic rings. The van der Waals surface area contributed by atoms with Crippen LogP contribution in [0.3, 0.4) is 0 Å². The zero-order valence-corrected chi connectivity index (χ0v) is 21.4. The third-order valence-corrected chi connectivity index (χ3v) is 10.4. The van der Waals surface area contributed by atoms with E-state index in [-0.39, 0.29) is 26.0 Å². The fraction of sp³-hybridized carbons (Fsp3) is 0.0833. The van der Waals surface area contributed by atoms with Gasteiger partial charge in [-0.3, -0.25) is 4.21 Å². The van der Waals surface area contributed by atoms with Crippen LogP contribution in [0.4, 0.5) is 17.6 Å². The van der Waals surface area contributed by atoms with Crippen LogP contribution in [-0.4, -0.2) is 26.4 Å². The van der Waals surface area contributed by atoms with Crippen LogP contribution in [0.2, 0.25) is 0 Å². The van der Waals surface area contributed by atoms with Crippen molar-refractivity contribution in [3.8, 4) is 20.9 Å². The molecule has 1 unspecified atom stereocenters. The summed E-state index contributed by atoms with van der Waals surface area (Å²) < 4.78 is 65.8. The summed E-state index contributed by atoms with van der Waals surface area (Å²) in [5.41, 5.74) is 2.02. The molecule has 0 aliphatic carbocycles. The Bertz CT molecular complexity index is 1640. The van der Waals surface area contributed by atoms with Crippen molar-refractivity contribution in [1.82, 2.24) is 0 Å². The topological polar surface area (TPSA) is 91.7 Å². The molecule has 2 aliphatic heterocycles.